The van der Waals surface area contributed by atoms with E-state index >= 15 is 0 Å². The number of aromatic nitrogens is 1. The average molecular weight is 364 g/mol. The minimum absolute atomic E-state index is 0.308. The normalized spacial score (nSPS) is 11.2. The van der Waals surface area contributed by atoms with Gasteiger partial charge in [-0.25, -0.2) is 14.4 Å². The molecule has 6 heteroatoms. The van der Waals surface area contributed by atoms with Crippen LogP contribution in [-0.4, -0.2) is 17.5 Å². The molecule has 0 amide bonds. The van der Waals surface area contributed by atoms with Crippen LogP contribution in [0.4, 0.5) is 4.39 Å². The molecule has 1 aromatic heterocycles. The van der Waals surface area contributed by atoms with Gasteiger partial charge in [-0.1, -0.05) is 42.5 Å². The highest BCUT2D eigenvalue weighted by atomic mass is 19.1. The van der Waals surface area contributed by atoms with E-state index in [1.165, 1.54) is 17.7 Å². The number of hydrogen-bond acceptors (Lipinski definition) is 3. The first kappa shape index (κ1) is 18.4. The molecule has 0 unspecified atom stereocenters. The molecule has 3 N–H and O–H groups in total. The highest BCUT2D eigenvalue weighted by molar-refractivity contribution is 5.77. The molecule has 27 heavy (non-hydrogen) atoms. The maximum absolute atomic E-state index is 13.3. The van der Waals surface area contributed by atoms with Gasteiger partial charge in [-0.3, -0.25) is 0 Å². The topological polar surface area (TPSA) is 72.5 Å². The Morgan fingerprint density at radius 2 is 1.93 bits per heavy atom. The second-order valence-corrected chi connectivity index (χ2v) is 5.89. The maximum Gasteiger partial charge on any atom is 0.224 e. The van der Waals surface area contributed by atoms with E-state index in [-0.39, 0.29) is 5.82 Å². The van der Waals surface area contributed by atoms with Crippen LogP contribution in [0.3, 0.4) is 0 Å². The lowest BCUT2D eigenvalue weighted by molar-refractivity contribution is 0.452. The van der Waals surface area contributed by atoms with E-state index in [2.05, 4.69) is 27.4 Å². The molecule has 0 aliphatic carbocycles. The van der Waals surface area contributed by atoms with Gasteiger partial charge >= 0.3 is 0 Å². The van der Waals surface area contributed by atoms with E-state index in [0.717, 1.165) is 12.0 Å². The monoisotopic (exact) mass is 364 g/mol. The number of nitrogens with two attached hydrogens (primary N) is 1. The summed E-state index contributed by atoms with van der Waals surface area (Å²) in [5, 5.41) is 3.09. The van der Waals surface area contributed by atoms with E-state index in [0.29, 0.717) is 30.7 Å². The molecule has 3 rings (SSSR count). The molecule has 0 radical (unpaired) electrons. The molecular formula is C21H21FN4O. The van der Waals surface area contributed by atoms with Gasteiger partial charge in [0.15, 0.2) is 5.96 Å². The van der Waals surface area contributed by atoms with Gasteiger partial charge in [-0.05, 0) is 30.2 Å². The number of nitrogens with one attached hydrogen (secondary N) is 1. The predicted octanol–water partition coefficient (Wildman–Crippen LogP) is 3.66. The summed E-state index contributed by atoms with van der Waals surface area (Å²) >= 11 is 0. The first-order valence-electron chi connectivity index (χ1n) is 8.66. The van der Waals surface area contributed by atoms with Crippen LogP contribution in [0.15, 0.2) is 77.9 Å². The smallest absolute Gasteiger partial charge is 0.224 e. The Morgan fingerprint density at radius 3 is 2.74 bits per heavy atom. The minimum Gasteiger partial charge on any atom is -0.439 e. The number of guanidine groups is 1. The Labute approximate surface area is 157 Å². The van der Waals surface area contributed by atoms with Gasteiger partial charge in [0.1, 0.15) is 11.6 Å². The predicted molar refractivity (Wildman–Crippen MR) is 104 cm³/mol. The average Bonchev–Trinajstić information content (AvgIpc) is 2.68. The second-order valence-electron chi connectivity index (χ2n) is 5.89. The zero-order chi connectivity index (χ0) is 18.9. The summed E-state index contributed by atoms with van der Waals surface area (Å²) in [4.78, 5) is 8.54. The Balaban J connectivity index is 1.57. The molecule has 0 saturated carbocycles. The minimum atomic E-state index is -0.366. The quantitative estimate of drug-likeness (QED) is 0.496. The van der Waals surface area contributed by atoms with Crippen LogP contribution in [0.5, 0.6) is 11.6 Å². The third-order valence-electron chi connectivity index (χ3n) is 3.84. The van der Waals surface area contributed by atoms with Crippen molar-refractivity contribution >= 4 is 5.96 Å². The maximum atomic E-state index is 13.3. The molecule has 0 aliphatic rings. The van der Waals surface area contributed by atoms with Crippen molar-refractivity contribution in [1.82, 2.24) is 10.3 Å². The lowest BCUT2D eigenvalue weighted by atomic mass is 10.1. The molecule has 138 valence electrons. The fourth-order valence-corrected chi connectivity index (χ4v) is 2.48. The molecule has 0 fully saturated rings. The highest BCUT2D eigenvalue weighted by Crippen LogP contribution is 2.23. The number of aliphatic imine (C=N–C) groups is 1. The summed E-state index contributed by atoms with van der Waals surface area (Å²) in [6, 6.07) is 19.7. The van der Waals surface area contributed by atoms with Gasteiger partial charge in [0.05, 0.1) is 6.54 Å². The second kappa shape index (κ2) is 9.33. The molecule has 0 bridgehead atoms. The largest absolute Gasteiger partial charge is 0.439 e. The first-order chi connectivity index (χ1) is 13.2. The van der Waals surface area contributed by atoms with Crippen LogP contribution >= 0.6 is 0 Å². The summed E-state index contributed by atoms with van der Waals surface area (Å²) in [5.41, 5.74) is 7.93. The molecule has 0 spiro atoms. The lowest BCUT2D eigenvalue weighted by Gasteiger charge is -2.09. The van der Waals surface area contributed by atoms with Crippen LogP contribution in [0.2, 0.25) is 0 Å². The molecule has 2 aromatic carbocycles. The summed E-state index contributed by atoms with van der Waals surface area (Å²) in [7, 11) is 0. The third kappa shape index (κ3) is 5.81. The fraction of sp³-hybridized carbons (Fsp3) is 0.143. The first-order valence-corrected chi connectivity index (χ1v) is 8.66. The van der Waals surface area contributed by atoms with Crippen molar-refractivity contribution in [3.05, 3.63) is 89.9 Å². The molecular weight excluding hydrogens is 343 g/mol. The number of benzene rings is 2. The van der Waals surface area contributed by atoms with Gasteiger partial charge < -0.3 is 15.8 Å². The molecule has 0 aliphatic heterocycles. The third-order valence-corrected chi connectivity index (χ3v) is 3.84. The number of pyridine rings is 1. The number of hydrogen-bond donors (Lipinski definition) is 2. The number of nitrogens with zero attached hydrogens (tertiary/aromatic N) is 2. The van der Waals surface area contributed by atoms with Gasteiger partial charge in [-0.15, -0.1) is 0 Å². The van der Waals surface area contributed by atoms with Crippen LogP contribution in [0, 0.1) is 5.82 Å². The van der Waals surface area contributed by atoms with Crippen LogP contribution in [0.25, 0.3) is 0 Å². The van der Waals surface area contributed by atoms with Crippen molar-refractivity contribution in [3.8, 4) is 11.6 Å². The molecule has 1 heterocycles. The van der Waals surface area contributed by atoms with Crippen molar-refractivity contribution in [2.75, 3.05) is 6.54 Å². The Kier molecular flexibility index (Phi) is 6.35. The van der Waals surface area contributed by atoms with Gasteiger partial charge in [0.2, 0.25) is 5.88 Å². The number of rotatable bonds is 7. The van der Waals surface area contributed by atoms with Crippen LogP contribution in [0.1, 0.15) is 11.1 Å². The Bertz CT molecular complexity index is 899. The van der Waals surface area contributed by atoms with Crippen molar-refractivity contribution in [2.45, 2.75) is 13.0 Å². The van der Waals surface area contributed by atoms with Crippen molar-refractivity contribution in [2.24, 2.45) is 10.7 Å². The number of ether oxygens (including phenoxy) is 1. The van der Waals surface area contributed by atoms with E-state index in [4.69, 9.17) is 10.5 Å². The van der Waals surface area contributed by atoms with Crippen molar-refractivity contribution in [3.63, 3.8) is 0 Å². The van der Waals surface area contributed by atoms with Gasteiger partial charge in [-0.2, -0.15) is 0 Å². The SMILES string of the molecule is NC(=NCc1cccnc1Oc1cccc(F)c1)NCCc1ccccc1. The molecule has 5 nitrogen and oxygen atoms in total. The summed E-state index contributed by atoms with van der Waals surface area (Å²) < 4.78 is 19.0. The zero-order valence-corrected chi connectivity index (χ0v) is 14.8. The molecule has 3 aromatic rings. The standard InChI is InChI=1S/C21H21FN4O/c22-18-9-4-10-19(14-18)27-20-17(8-5-12-24-20)15-26-21(23)25-13-11-16-6-2-1-3-7-16/h1-10,12,14H,11,13,15H2,(H3,23,25,26). The molecule has 0 atom stereocenters. The zero-order valence-electron chi connectivity index (χ0n) is 14.8. The summed E-state index contributed by atoms with van der Waals surface area (Å²) in [6.45, 7) is 1.00. The fourth-order valence-electron chi connectivity index (χ4n) is 2.48. The van der Waals surface area contributed by atoms with Crippen LogP contribution in [-0.2, 0) is 13.0 Å². The van der Waals surface area contributed by atoms with E-state index in [1.807, 2.05) is 24.3 Å². The van der Waals surface area contributed by atoms with Crippen LogP contribution < -0.4 is 15.8 Å². The van der Waals surface area contributed by atoms with E-state index < -0.39 is 0 Å². The Morgan fingerprint density at radius 1 is 1.07 bits per heavy atom. The number of halogens is 1. The lowest BCUT2D eigenvalue weighted by Crippen LogP contribution is -2.33. The van der Waals surface area contributed by atoms with Crippen molar-refractivity contribution < 1.29 is 9.13 Å². The Hall–Kier alpha value is -3.41. The van der Waals surface area contributed by atoms with E-state index in [1.54, 1.807) is 24.4 Å². The van der Waals surface area contributed by atoms with Gasteiger partial charge in [0.25, 0.3) is 0 Å². The van der Waals surface area contributed by atoms with Gasteiger partial charge in [0, 0.05) is 24.4 Å². The van der Waals surface area contributed by atoms with Crippen molar-refractivity contribution in [1.29, 1.82) is 0 Å². The summed E-state index contributed by atoms with van der Waals surface area (Å²) in [5.74, 6) is 0.748. The summed E-state index contributed by atoms with van der Waals surface area (Å²) in [6.07, 6.45) is 2.47. The van der Waals surface area contributed by atoms with E-state index in [9.17, 15) is 4.39 Å². The highest BCUT2D eigenvalue weighted by Gasteiger charge is 2.07. The molecule has 0 saturated heterocycles.